The summed E-state index contributed by atoms with van der Waals surface area (Å²) in [6.45, 7) is 0.375. The predicted molar refractivity (Wildman–Crippen MR) is 107 cm³/mol. The molecule has 0 fully saturated rings. The molecule has 0 aliphatic heterocycles. The Bertz CT molecular complexity index is 1050. The third kappa shape index (κ3) is 4.72. The Balaban J connectivity index is 1.98. The largest absolute Gasteiger partial charge is 0.497 e. The lowest BCUT2D eigenvalue weighted by atomic mass is 10.3. The molecule has 0 spiro atoms. The number of fused-ring (bicyclic) bond motifs is 1. The van der Waals surface area contributed by atoms with Crippen molar-refractivity contribution < 1.29 is 19.1 Å². The van der Waals surface area contributed by atoms with Gasteiger partial charge in [0.1, 0.15) is 5.75 Å². The van der Waals surface area contributed by atoms with Gasteiger partial charge >= 0.3 is 5.97 Å². The number of esters is 1. The minimum Gasteiger partial charge on any atom is -0.497 e. The summed E-state index contributed by atoms with van der Waals surface area (Å²) in [5, 5.41) is 1.95. The minimum absolute atomic E-state index is 0.195. The fourth-order valence-corrected chi connectivity index (χ4v) is 4.17. The second-order valence-electron chi connectivity index (χ2n) is 5.49. The van der Waals surface area contributed by atoms with E-state index in [9.17, 15) is 9.59 Å². The van der Waals surface area contributed by atoms with Crippen LogP contribution in [0.15, 0.2) is 46.8 Å². The number of aryl methyl sites for hydroxylation is 1. The molecule has 8 heteroatoms. The highest BCUT2D eigenvalue weighted by Crippen LogP contribution is 2.23. The minimum atomic E-state index is -0.353. The number of thiophene rings is 1. The summed E-state index contributed by atoms with van der Waals surface area (Å²) in [5.41, 5.74) is 0.887. The number of nitrogens with zero attached hydrogens (tertiary/aromatic N) is 2. The number of carbonyl (C=O) groups excluding carboxylic acids is 2. The third-order valence-corrected chi connectivity index (χ3v) is 5.68. The van der Waals surface area contributed by atoms with Crippen LogP contribution in [0, 0.1) is 0 Å². The van der Waals surface area contributed by atoms with Crippen LogP contribution in [-0.4, -0.2) is 30.7 Å². The number of hydrogen-bond acceptors (Lipinski definition) is 6. The second-order valence-corrected chi connectivity index (χ2v) is 7.48. The van der Waals surface area contributed by atoms with E-state index in [2.05, 4.69) is 4.99 Å². The van der Waals surface area contributed by atoms with Gasteiger partial charge in [0.05, 0.1) is 30.9 Å². The fraction of sp³-hybridized carbons (Fsp3) is 0.211. The van der Waals surface area contributed by atoms with E-state index in [-0.39, 0.29) is 18.3 Å². The van der Waals surface area contributed by atoms with Gasteiger partial charge in [-0.2, -0.15) is 4.99 Å². The number of methoxy groups -OCH3 is 2. The van der Waals surface area contributed by atoms with Gasteiger partial charge in [0, 0.05) is 17.5 Å². The van der Waals surface area contributed by atoms with Crippen LogP contribution in [0.4, 0.5) is 0 Å². The van der Waals surface area contributed by atoms with Crippen LogP contribution >= 0.6 is 22.7 Å². The summed E-state index contributed by atoms with van der Waals surface area (Å²) in [6.07, 6.45) is 3.38. The van der Waals surface area contributed by atoms with Gasteiger partial charge < -0.3 is 14.0 Å². The average Bonchev–Trinajstić information content (AvgIpc) is 3.31. The number of thiazole rings is 1. The van der Waals surface area contributed by atoms with Gasteiger partial charge in [-0.25, -0.2) is 0 Å². The van der Waals surface area contributed by atoms with E-state index in [1.54, 1.807) is 24.5 Å². The Morgan fingerprint density at radius 2 is 2.11 bits per heavy atom. The number of benzene rings is 1. The summed E-state index contributed by atoms with van der Waals surface area (Å²) >= 11 is 2.92. The van der Waals surface area contributed by atoms with Crippen molar-refractivity contribution in [3.63, 3.8) is 0 Å². The van der Waals surface area contributed by atoms with E-state index in [0.717, 1.165) is 20.8 Å². The van der Waals surface area contributed by atoms with Gasteiger partial charge in [0.25, 0.3) is 5.91 Å². The molecular weight excluding hydrogens is 384 g/mol. The molecule has 0 unspecified atom stereocenters. The van der Waals surface area contributed by atoms with Gasteiger partial charge in [-0.05, 0) is 35.7 Å². The van der Waals surface area contributed by atoms with Gasteiger partial charge in [0.15, 0.2) is 4.80 Å². The first kappa shape index (κ1) is 19.1. The molecule has 0 N–H and O–H groups in total. The molecule has 3 rings (SSSR count). The Kier molecular flexibility index (Phi) is 6.20. The smallest absolute Gasteiger partial charge is 0.307 e. The highest BCUT2D eigenvalue weighted by atomic mass is 32.1. The average molecular weight is 402 g/mol. The Labute approximate surface area is 164 Å². The van der Waals surface area contributed by atoms with Gasteiger partial charge in [-0.3, -0.25) is 9.59 Å². The van der Waals surface area contributed by atoms with E-state index in [1.807, 2.05) is 40.3 Å². The fourth-order valence-electron chi connectivity index (χ4n) is 2.46. The van der Waals surface area contributed by atoms with E-state index < -0.39 is 0 Å². The molecule has 0 saturated heterocycles. The number of hydrogen-bond donors (Lipinski definition) is 0. The molecule has 0 saturated carbocycles. The molecule has 1 amide bonds. The maximum atomic E-state index is 12.3. The molecule has 0 bridgehead atoms. The van der Waals surface area contributed by atoms with Gasteiger partial charge in [-0.15, -0.1) is 11.3 Å². The standard InChI is InChI=1S/C19H18N2O4S2/c1-24-13-5-7-15-16(12-13)27-19(21(15)10-9-18(23)25-2)20-17(22)8-6-14-4-3-11-26-14/h3-8,11-12H,9-10H2,1-2H3/b8-6+,20-19?. The van der Waals surface area contributed by atoms with Crippen LogP contribution in [0.2, 0.25) is 0 Å². The molecule has 140 valence electrons. The number of aromatic nitrogens is 1. The lowest BCUT2D eigenvalue weighted by Crippen LogP contribution is -2.18. The van der Waals surface area contributed by atoms with Crippen LogP contribution in [0.25, 0.3) is 16.3 Å². The number of carbonyl (C=O) groups is 2. The highest BCUT2D eigenvalue weighted by molar-refractivity contribution is 7.16. The molecule has 0 radical (unpaired) electrons. The first-order valence-corrected chi connectivity index (χ1v) is 9.85. The summed E-state index contributed by atoms with van der Waals surface area (Å²) in [7, 11) is 2.96. The predicted octanol–water partition coefficient (Wildman–Crippen LogP) is 3.48. The van der Waals surface area contributed by atoms with E-state index in [1.165, 1.54) is 24.5 Å². The van der Waals surface area contributed by atoms with E-state index in [0.29, 0.717) is 11.3 Å². The Hall–Kier alpha value is -2.71. The topological polar surface area (TPSA) is 69.9 Å². The zero-order valence-electron chi connectivity index (χ0n) is 14.9. The van der Waals surface area contributed by atoms with Crippen molar-refractivity contribution in [3.8, 4) is 5.75 Å². The van der Waals surface area contributed by atoms with E-state index in [4.69, 9.17) is 9.47 Å². The first-order valence-electron chi connectivity index (χ1n) is 8.15. The van der Waals surface area contributed by atoms with Crippen molar-refractivity contribution >= 4 is 50.8 Å². The van der Waals surface area contributed by atoms with Gasteiger partial charge in [0.2, 0.25) is 0 Å². The SMILES string of the molecule is COC(=O)CCn1c(=NC(=O)/C=C/c2cccs2)sc2cc(OC)ccc21. The van der Waals surface area contributed by atoms with Gasteiger partial charge in [-0.1, -0.05) is 17.4 Å². The van der Waals surface area contributed by atoms with Crippen LogP contribution in [-0.2, 0) is 20.9 Å². The Morgan fingerprint density at radius 1 is 1.26 bits per heavy atom. The number of amides is 1. The van der Waals surface area contributed by atoms with Crippen LogP contribution in [0.3, 0.4) is 0 Å². The lowest BCUT2D eigenvalue weighted by molar-refractivity contribution is -0.140. The number of rotatable bonds is 6. The van der Waals surface area contributed by atoms with Crippen molar-refractivity contribution in [1.82, 2.24) is 4.57 Å². The van der Waals surface area contributed by atoms with Crippen molar-refractivity contribution in [2.75, 3.05) is 14.2 Å². The molecule has 2 heterocycles. The molecule has 0 aliphatic carbocycles. The molecule has 0 atom stereocenters. The quantitative estimate of drug-likeness (QED) is 0.468. The number of ether oxygens (including phenoxy) is 2. The van der Waals surface area contributed by atoms with Crippen molar-refractivity contribution in [1.29, 1.82) is 0 Å². The monoisotopic (exact) mass is 402 g/mol. The molecule has 6 nitrogen and oxygen atoms in total. The molecule has 27 heavy (non-hydrogen) atoms. The summed E-state index contributed by atoms with van der Waals surface area (Å²) in [4.78, 5) is 29.6. The lowest BCUT2D eigenvalue weighted by Gasteiger charge is -2.05. The normalized spacial score (nSPS) is 12.0. The van der Waals surface area contributed by atoms with Crippen molar-refractivity contribution in [3.05, 3.63) is 51.5 Å². The molecular formula is C19H18N2O4S2. The maximum absolute atomic E-state index is 12.3. The van der Waals surface area contributed by atoms with Crippen LogP contribution in [0.5, 0.6) is 5.75 Å². The van der Waals surface area contributed by atoms with Crippen molar-refractivity contribution in [2.45, 2.75) is 13.0 Å². The third-order valence-electron chi connectivity index (χ3n) is 3.80. The highest BCUT2D eigenvalue weighted by Gasteiger charge is 2.10. The maximum Gasteiger partial charge on any atom is 0.307 e. The van der Waals surface area contributed by atoms with Crippen LogP contribution < -0.4 is 9.54 Å². The second kappa shape index (κ2) is 8.79. The zero-order chi connectivity index (χ0) is 19.2. The van der Waals surface area contributed by atoms with E-state index >= 15 is 0 Å². The molecule has 3 aromatic rings. The van der Waals surface area contributed by atoms with Crippen molar-refractivity contribution in [2.24, 2.45) is 4.99 Å². The molecule has 0 aliphatic rings. The molecule has 2 aromatic heterocycles. The Morgan fingerprint density at radius 3 is 2.81 bits per heavy atom. The molecule has 1 aromatic carbocycles. The van der Waals surface area contributed by atoms with Crippen LogP contribution in [0.1, 0.15) is 11.3 Å². The summed E-state index contributed by atoms with van der Waals surface area (Å²) in [5.74, 6) is 0.0540. The summed E-state index contributed by atoms with van der Waals surface area (Å²) < 4.78 is 12.8. The first-order chi connectivity index (χ1) is 13.1. The zero-order valence-corrected chi connectivity index (χ0v) is 16.5. The summed E-state index contributed by atoms with van der Waals surface area (Å²) in [6, 6.07) is 9.47.